The lowest BCUT2D eigenvalue weighted by atomic mass is 10.1. The van der Waals surface area contributed by atoms with Crippen LogP contribution in [0.25, 0.3) is 0 Å². The molecule has 27 heavy (non-hydrogen) atoms. The van der Waals surface area contributed by atoms with Crippen molar-refractivity contribution in [1.29, 1.82) is 0 Å². The third-order valence-corrected chi connectivity index (χ3v) is 5.57. The number of rotatable bonds is 6. The first-order valence-corrected chi connectivity index (χ1v) is 10.1. The van der Waals surface area contributed by atoms with Crippen LogP contribution in [0.4, 0.5) is 11.4 Å². The lowest BCUT2D eigenvalue weighted by Gasteiger charge is -2.26. The van der Waals surface area contributed by atoms with E-state index in [0.717, 1.165) is 48.0 Å². The van der Waals surface area contributed by atoms with Gasteiger partial charge in [-0.2, -0.15) is 11.8 Å². The standard InChI is InChI=1S/C20H23N3O3S/c1-15-6-7-16(14-22-8-10-27-11-9-22)12-18(15)21-20(24)13-17-4-2-3-5-19(17)23(25)26/h2-7,12H,8-11,13-14H2,1H3,(H,21,24). The molecule has 0 atom stereocenters. The zero-order valence-electron chi connectivity index (χ0n) is 15.3. The number of carbonyl (C=O) groups is 1. The van der Waals surface area contributed by atoms with Crippen LogP contribution < -0.4 is 5.32 Å². The number of nitrogens with one attached hydrogen (secondary N) is 1. The van der Waals surface area contributed by atoms with Crippen LogP contribution in [0.3, 0.4) is 0 Å². The molecule has 142 valence electrons. The lowest BCUT2D eigenvalue weighted by Crippen LogP contribution is -2.32. The van der Waals surface area contributed by atoms with Gasteiger partial charge in [0.05, 0.1) is 11.3 Å². The first kappa shape index (κ1) is 19.4. The highest BCUT2D eigenvalue weighted by molar-refractivity contribution is 7.99. The Labute approximate surface area is 163 Å². The number of nitro groups is 1. The fourth-order valence-electron chi connectivity index (χ4n) is 3.13. The van der Waals surface area contributed by atoms with E-state index in [2.05, 4.69) is 16.3 Å². The minimum absolute atomic E-state index is 0.0236. The van der Waals surface area contributed by atoms with E-state index in [4.69, 9.17) is 0 Å². The molecule has 0 bridgehead atoms. The minimum Gasteiger partial charge on any atom is -0.326 e. The summed E-state index contributed by atoms with van der Waals surface area (Å²) < 4.78 is 0. The van der Waals surface area contributed by atoms with Crippen molar-refractivity contribution in [1.82, 2.24) is 4.90 Å². The molecule has 1 N–H and O–H groups in total. The van der Waals surface area contributed by atoms with Crippen LogP contribution in [-0.4, -0.2) is 40.3 Å². The number of thioether (sulfide) groups is 1. The number of para-hydroxylation sites is 1. The number of nitrogens with zero attached hydrogens (tertiary/aromatic N) is 2. The van der Waals surface area contributed by atoms with Gasteiger partial charge in [-0.25, -0.2) is 0 Å². The number of hydrogen-bond donors (Lipinski definition) is 1. The SMILES string of the molecule is Cc1ccc(CN2CCSCC2)cc1NC(=O)Cc1ccccc1[N+](=O)[O-]. The minimum atomic E-state index is -0.453. The van der Waals surface area contributed by atoms with Gasteiger partial charge in [-0.1, -0.05) is 30.3 Å². The Kier molecular flexibility index (Phi) is 6.47. The number of carbonyl (C=O) groups excluding carboxylic acids is 1. The van der Waals surface area contributed by atoms with Gasteiger partial charge in [-0.3, -0.25) is 19.8 Å². The second-order valence-electron chi connectivity index (χ2n) is 6.65. The molecule has 3 rings (SSSR count). The molecule has 2 aromatic rings. The number of amides is 1. The number of hydrogen-bond acceptors (Lipinski definition) is 5. The number of nitro benzene ring substituents is 1. The molecule has 1 amide bonds. The van der Waals surface area contributed by atoms with Gasteiger partial charge in [0, 0.05) is 48.5 Å². The normalized spacial score (nSPS) is 14.7. The smallest absolute Gasteiger partial charge is 0.273 e. The van der Waals surface area contributed by atoms with E-state index in [1.165, 1.54) is 6.07 Å². The summed E-state index contributed by atoms with van der Waals surface area (Å²) in [4.78, 5) is 25.5. The third kappa shape index (κ3) is 5.30. The van der Waals surface area contributed by atoms with Gasteiger partial charge >= 0.3 is 0 Å². The predicted molar refractivity (Wildman–Crippen MR) is 109 cm³/mol. The molecule has 6 nitrogen and oxygen atoms in total. The Balaban J connectivity index is 1.68. The Morgan fingerprint density at radius 2 is 1.96 bits per heavy atom. The first-order valence-electron chi connectivity index (χ1n) is 8.94. The zero-order chi connectivity index (χ0) is 19.2. The van der Waals surface area contributed by atoms with E-state index >= 15 is 0 Å². The molecule has 0 aromatic heterocycles. The molecule has 1 aliphatic heterocycles. The molecular formula is C20H23N3O3S. The van der Waals surface area contributed by atoms with Crippen LogP contribution in [0.2, 0.25) is 0 Å². The quantitative estimate of drug-likeness (QED) is 0.607. The van der Waals surface area contributed by atoms with Crippen LogP contribution >= 0.6 is 11.8 Å². The predicted octanol–water partition coefficient (Wildman–Crippen LogP) is 3.63. The van der Waals surface area contributed by atoms with Crippen molar-refractivity contribution >= 4 is 29.0 Å². The van der Waals surface area contributed by atoms with E-state index in [-0.39, 0.29) is 18.0 Å². The van der Waals surface area contributed by atoms with Crippen LogP contribution in [0.5, 0.6) is 0 Å². The van der Waals surface area contributed by atoms with Crippen LogP contribution in [0.1, 0.15) is 16.7 Å². The summed E-state index contributed by atoms with van der Waals surface area (Å²) in [6, 6.07) is 12.5. The largest absolute Gasteiger partial charge is 0.326 e. The molecule has 0 unspecified atom stereocenters. The van der Waals surface area contributed by atoms with Crippen molar-refractivity contribution in [2.24, 2.45) is 0 Å². The fourth-order valence-corrected chi connectivity index (χ4v) is 4.10. The van der Waals surface area contributed by atoms with E-state index in [1.807, 2.05) is 30.8 Å². The average Bonchev–Trinajstić information content (AvgIpc) is 2.65. The van der Waals surface area contributed by atoms with Crippen molar-refractivity contribution in [3.63, 3.8) is 0 Å². The highest BCUT2D eigenvalue weighted by Gasteiger charge is 2.16. The second kappa shape index (κ2) is 9.01. The average molecular weight is 385 g/mol. The van der Waals surface area contributed by atoms with Crippen LogP contribution in [-0.2, 0) is 17.8 Å². The van der Waals surface area contributed by atoms with Crippen LogP contribution in [0, 0.1) is 17.0 Å². The van der Waals surface area contributed by atoms with Gasteiger partial charge in [0.2, 0.25) is 5.91 Å². The van der Waals surface area contributed by atoms with Crippen molar-refractivity contribution in [2.75, 3.05) is 29.9 Å². The highest BCUT2D eigenvalue weighted by Crippen LogP contribution is 2.22. The molecule has 1 saturated heterocycles. The second-order valence-corrected chi connectivity index (χ2v) is 7.87. The van der Waals surface area contributed by atoms with Crippen molar-refractivity contribution in [2.45, 2.75) is 19.9 Å². The summed E-state index contributed by atoms with van der Waals surface area (Å²) in [7, 11) is 0. The molecule has 1 aliphatic rings. The van der Waals surface area contributed by atoms with E-state index in [9.17, 15) is 14.9 Å². The van der Waals surface area contributed by atoms with Gasteiger partial charge in [-0.05, 0) is 24.1 Å². The third-order valence-electron chi connectivity index (χ3n) is 4.63. The van der Waals surface area contributed by atoms with Crippen molar-refractivity contribution in [3.05, 3.63) is 69.3 Å². The first-order chi connectivity index (χ1) is 13.0. The van der Waals surface area contributed by atoms with Crippen molar-refractivity contribution < 1.29 is 9.72 Å². The fraction of sp³-hybridized carbons (Fsp3) is 0.350. The summed E-state index contributed by atoms with van der Waals surface area (Å²) >= 11 is 1.98. The molecule has 0 spiro atoms. The van der Waals surface area contributed by atoms with Gasteiger partial charge in [0.15, 0.2) is 0 Å². The summed E-state index contributed by atoms with van der Waals surface area (Å²) in [6.45, 7) is 4.98. The monoisotopic (exact) mass is 385 g/mol. The zero-order valence-corrected chi connectivity index (χ0v) is 16.1. The molecule has 7 heteroatoms. The van der Waals surface area contributed by atoms with Crippen molar-refractivity contribution in [3.8, 4) is 0 Å². The van der Waals surface area contributed by atoms with Gasteiger partial charge in [0.25, 0.3) is 5.69 Å². The summed E-state index contributed by atoms with van der Waals surface area (Å²) in [5, 5.41) is 14.0. The maximum absolute atomic E-state index is 12.5. The summed E-state index contributed by atoms with van der Waals surface area (Å²) in [6.07, 6.45) is -0.0236. The topological polar surface area (TPSA) is 75.5 Å². The molecule has 0 saturated carbocycles. The van der Waals surface area contributed by atoms with Gasteiger partial charge in [0.1, 0.15) is 0 Å². The van der Waals surface area contributed by atoms with Gasteiger partial charge in [-0.15, -0.1) is 0 Å². The molecule has 2 aromatic carbocycles. The molecular weight excluding hydrogens is 362 g/mol. The highest BCUT2D eigenvalue weighted by atomic mass is 32.2. The van der Waals surface area contributed by atoms with E-state index in [0.29, 0.717) is 5.56 Å². The van der Waals surface area contributed by atoms with Gasteiger partial charge < -0.3 is 5.32 Å². The Morgan fingerprint density at radius 1 is 1.22 bits per heavy atom. The molecule has 1 heterocycles. The number of benzene rings is 2. The number of aryl methyl sites for hydroxylation is 1. The Hall–Kier alpha value is -2.38. The van der Waals surface area contributed by atoms with Crippen LogP contribution in [0.15, 0.2) is 42.5 Å². The molecule has 0 radical (unpaired) electrons. The lowest BCUT2D eigenvalue weighted by molar-refractivity contribution is -0.385. The maximum Gasteiger partial charge on any atom is 0.273 e. The molecule has 0 aliphatic carbocycles. The maximum atomic E-state index is 12.5. The Bertz CT molecular complexity index is 835. The van der Waals surface area contributed by atoms with E-state index < -0.39 is 4.92 Å². The Morgan fingerprint density at radius 3 is 2.70 bits per heavy atom. The summed E-state index contributed by atoms with van der Waals surface area (Å²) in [5.41, 5.74) is 3.29. The number of anilines is 1. The summed E-state index contributed by atoms with van der Waals surface area (Å²) in [5.74, 6) is 2.07. The molecule has 1 fully saturated rings. The van der Waals surface area contributed by atoms with E-state index in [1.54, 1.807) is 18.2 Å².